The van der Waals surface area contributed by atoms with Crippen LogP contribution in [0.25, 0.3) is 0 Å². The van der Waals surface area contributed by atoms with Crippen molar-refractivity contribution in [3.63, 3.8) is 0 Å². The van der Waals surface area contributed by atoms with Gasteiger partial charge in [0.1, 0.15) is 0 Å². The maximum Gasteiger partial charge on any atom is 0.226 e. The second-order valence-electron chi connectivity index (χ2n) is 3.96. The van der Waals surface area contributed by atoms with E-state index in [4.69, 9.17) is 14.5 Å². The van der Waals surface area contributed by atoms with E-state index in [9.17, 15) is 0 Å². The monoisotopic (exact) mass is 221 g/mol. The molecule has 86 valence electrons. The van der Waals surface area contributed by atoms with E-state index in [1.54, 1.807) is 0 Å². The van der Waals surface area contributed by atoms with Crippen LogP contribution < -0.4 is 0 Å². The first kappa shape index (κ1) is 11.1. The van der Waals surface area contributed by atoms with Crippen molar-refractivity contribution in [3.8, 4) is 6.07 Å². The lowest BCUT2D eigenvalue weighted by Gasteiger charge is -2.03. The van der Waals surface area contributed by atoms with Crippen molar-refractivity contribution in [2.24, 2.45) is 0 Å². The molecule has 1 saturated heterocycles. The van der Waals surface area contributed by atoms with Gasteiger partial charge < -0.3 is 9.26 Å². The van der Waals surface area contributed by atoms with E-state index in [1.165, 1.54) is 0 Å². The quantitative estimate of drug-likeness (QED) is 0.707. The molecule has 2 heterocycles. The molecule has 0 aliphatic carbocycles. The standard InChI is InChI=1S/C11H15N3O2/c12-6-2-1-5-11-13-10(14-16-11)8-9-4-3-7-15-9/h9H,1-5,7-8H2. The van der Waals surface area contributed by atoms with E-state index < -0.39 is 0 Å². The number of aryl methyl sites for hydroxylation is 1. The fourth-order valence-electron chi connectivity index (χ4n) is 1.80. The number of hydrogen-bond acceptors (Lipinski definition) is 5. The Labute approximate surface area is 94.4 Å². The first-order valence-corrected chi connectivity index (χ1v) is 5.68. The van der Waals surface area contributed by atoms with Crippen LogP contribution in [0.2, 0.25) is 0 Å². The summed E-state index contributed by atoms with van der Waals surface area (Å²) in [6, 6.07) is 2.09. The van der Waals surface area contributed by atoms with Crippen molar-refractivity contribution in [1.82, 2.24) is 10.1 Å². The summed E-state index contributed by atoms with van der Waals surface area (Å²) in [5.74, 6) is 1.35. The summed E-state index contributed by atoms with van der Waals surface area (Å²) < 4.78 is 10.6. The number of nitriles is 1. The van der Waals surface area contributed by atoms with Crippen molar-refractivity contribution in [2.45, 2.75) is 44.6 Å². The lowest BCUT2D eigenvalue weighted by atomic mass is 10.2. The third-order valence-electron chi connectivity index (χ3n) is 2.62. The SMILES string of the molecule is N#CCCCc1nc(CC2CCCO2)no1. The van der Waals surface area contributed by atoms with Gasteiger partial charge >= 0.3 is 0 Å². The molecular weight excluding hydrogens is 206 g/mol. The van der Waals surface area contributed by atoms with Crippen LogP contribution in [0.3, 0.4) is 0 Å². The van der Waals surface area contributed by atoms with Crippen molar-refractivity contribution in [1.29, 1.82) is 5.26 Å². The van der Waals surface area contributed by atoms with Crippen LogP contribution in [0.15, 0.2) is 4.52 Å². The summed E-state index contributed by atoms with van der Waals surface area (Å²) in [4.78, 5) is 4.28. The maximum absolute atomic E-state index is 8.41. The number of unbranched alkanes of at least 4 members (excludes halogenated alkanes) is 1. The van der Waals surface area contributed by atoms with Gasteiger partial charge in [0.2, 0.25) is 5.89 Å². The Kier molecular flexibility index (Phi) is 3.89. The van der Waals surface area contributed by atoms with Crippen molar-refractivity contribution in [2.75, 3.05) is 6.61 Å². The number of aromatic nitrogens is 2. The van der Waals surface area contributed by atoms with Crippen molar-refractivity contribution >= 4 is 0 Å². The van der Waals surface area contributed by atoms with Gasteiger partial charge in [0.15, 0.2) is 5.82 Å². The maximum atomic E-state index is 8.41. The molecule has 5 nitrogen and oxygen atoms in total. The van der Waals surface area contributed by atoms with Crippen LogP contribution >= 0.6 is 0 Å². The molecule has 0 bridgehead atoms. The molecule has 1 atom stereocenters. The highest BCUT2D eigenvalue weighted by Gasteiger charge is 2.18. The van der Waals surface area contributed by atoms with Crippen LogP contribution in [0.5, 0.6) is 0 Å². The summed E-state index contributed by atoms with van der Waals surface area (Å²) in [5.41, 5.74) is 0. The molecule has 1 unspecified atom stereocenters. The van der Waals surface area contributed by atoms with Gasteiger partial charge in [-0.1, -0.05) is 5.16 Å². The molecule has 16 heavy (non-hydrogen) atoms. The predicted octanol–water partition coefficient (Wildman–Crippen LogP) is 1.64. The van der Waals surface area contributed by atoms with Crippen LogP contribution in [0.4, 0.5) is 0 Å². The summed E-state index contributed by atoms with van der Waals surface area (Å²) in [7, 11) is 0. The number of hydrogen-bond donors (Lipinski definition) is 0. The third kappa shape index (κ3) is 3.04. The lowest BCUT2D eigenvalue weighted by molar-refractivity contribution is 0.109. The van der Waals surface area contributed by atoms with Gasteiger partial charge in [-0.05, 0) is 19.3 Å². The highest BCUT2D eigenvalue weighted by Crippen LogP contribution is 2.15. The molecular formula is C11H15N3O2. The van der Waals surface area contributed by atoms with Crippen LogP contribution in [0.1, 0.15) is 37.4 Å². The molecule has 1 aromatic rings. The number of nitrogens with zero attached hydrogens (tertiary/aromatic N) is 3. The molecule has 1 aliphatic rings. The minimum Gasteiger partial charge on any atom is -0.378 e. The highest BCUT2D eigenvalue weighted by molar-refractivity contribution is 4.90. The minimum atomic E-state index is 0.254. The lowest BCUT2D eigenvalue weighted by Crippen LogP contribution is -2.09. The zero-order valence-corrected chi connectivity index (χ0v) is 9.19. The zero-order chi connectivity index (χ0) is 11.2. The normalized spacial score (nSPS) is 19.8. The summed E-state index contributed by atoms with van der Waals surface area (Å²) in [6.45, 7) is 0.845. The molecule has 0 radical (unpaired) electrons. The third-order valence-corrected chi connectivity index (χ3v) is 2.62. The Morgan fingerprint density at radius 3 is 3.19 bits per heavy atom. The molecule has 0 aromatic carbocycles. The average Bonchev–Trinajstić information content (AvgIpc) is 2.91. The summed E-state index contributed by atoms with van der Waals surface area (Å²) in [6.07, 6.45) is 5.19. The van der Waals surface area contributed by atoms with Gasteiger partial charge in [-0.2, -0.15) is 10.2 Å². The Morgan fingerprint density at radius 1 is 1.50 bits per heavy atom. The minimum absolute atomic E-state index is 0.254. The second-order valence-corrected chi connectivity index (χ2v) is 3.96. The van der Waals surface area contributed by atoms with Crippen LogP contribution in [-0.4, -0.2) is 22.9 Å². The fourth-order valence-corrected chi connectivity index (χ4v) is 1.80. The van der Waals surface area contributed by atoms with Gasteiger partial charge in [0, 0.05) is 25.9 Å². The predicted molar refractivity (Wildman–Crippen MR) is 55.5 cm³/mol. The molecule has 0 spiro atoms. The van der Waals surface area contributed by atoms with Gasteiger partial charge in [-0.25, -0.2) is 0 Å². The molecule has 0 amide bonds. The first-order valence-electron chi connectivity index (χ1n) is 5.68. The molecule has 1 fully saturated rings. The van der Waals surface area contributed by atoms with Gasteiger partial charge in [0.05, 0.1) is 12.2 Å². The Bertz CT molecular complexity index is 364. The van der Waals surface area contributed by atoms with Crippen LogP contribution in [0, 0.1) is 11.3 Å². The topological polar surface area (TPSA) is 71.9 Å². The van der Waals surface area contributed by atoms with Crippen molar-refractivity contribution < 1.29 is 9.26 Å². The fraction of sp³-hybridized carbons (Fsp3) is 0.727. The van der Waals surface area contributed by atoms with E-state index in [0.29, 0.717) is 18.7 Å². The molecule has 0 saturated carbocycles. The van der Waals surface area contributed by atoms with Gasteiger partial charge in [0.25, 0.3) is 0 Å². The zero-order valence-electron chi connectivity index (χ0n) is 9.19. The van der Waals surface area contributed by atoms with Crippen LogP contribution in [-0.2, 0) is 17.6 Å². The molecule has 0 N–H and O–H groups in total. The molecule has 1 aliphatic heterocycles. The molecule has 1 aromatic heterocycles. The largest absolute Gasteiger partial charge is 0.378 e. The smallest absolute Gasteiger partial charge is 0.226 e. The molecule has 2 rings (SSSR count). The van der Waals surface area contributed by atoms with E-state index in [-0.39, 0.29) is 6.10 Å². The number of ether oxygens (including phenoxy) is 1. The van der Waals surface area contributed by atoms with E-state index >= 15 is 0 Å². The van der Waals surface area contributed by atoms with Gasteiger partial charge in [-0.15, -0.1) is 0 Å². The Hall–Kier alpha value is -1.41. The summed E-state index contributed by atoms with van der Waals surface area (Å²) in [5, 5.41) is 12.3. The first-order chi connectivity index (χ1) is 7.88. The Morgan fingerprint density at radius 2 is 2.44 bits per heavy atom. The van der Waals surface area contributed by atoms with Gasteiger partial charge in [-0.3, -0.25) is 0 Å². The van der Waals surface area contributed by atoms with E-state index in [0.717, 1.165) is 38.1 Å². The highest BCUT2D eigenvalue weighted by atomic mass is 16.5. The summed E-state index contributed by atoms with van der Waals surface area (Å²) >= 11 is 0. The van der Waals surface area contributed by atoms with E-state index in [1.807, 2.05) is 0 Å². The van der Waals surface area contributed by atoms with Crippen molar-refractivity contribution in [3.05, 3.63) is 11.7 Å². The van der Waals surface area contributed by atoms with E-state index in [2.05, 4.69) is 16.2 Å². The average molecular weight is 221 g/mol. The second kappa shape index (κ2) is 5.61. The molecule has 5 heteroatoms. The number of rotatable bonds is 5. The Balaban J connectivity index is 1.80.